The Labute approximate surface area is 182 Å². The van der Waals surface area contributed by atoms with Crippen LogP contribution < -0.4 is 10.1 Å². The molecule has 3 aromatic carbocycles. The minimum atomic E-state index is -0.371. The van der Waals surface area contributed by atoms with E-state index in [-0.39, 0.29) is 18.3 Å². The lowest BCUT2D eigenvalue weighted by Gasteiger charge is -2.10. The Balaban J connectivity index is 1.66. The van der Waals surface area contributed by atoms with Gasteiger partial charge in [-0.05, 0) is 76.5 Å². The fourth-order valence-corrected chi connectivity index (χ4v) is 3.19. The van der Waals surface area contributed by atoms with Gasteiger partial charge in [-0.25, -0.2) is 4.39 Å². The molecule has 0 aliphatic carbocycles. The van der Waals surface area contributed by atoms with E-state index in [4.69, 9.17) is 4.74 Å². The maximum Gasteiger partial charge on any atom is 0.262 e. The van der Waals surface area contributed by atoms with E-state index in [1.165, 1.54) is 24.3 Å². The van der Waals surface area contributed by atoms with Crippen molar-refractivity contribution in [1.82, 2.24) is 0 Å². The molecule has 6 heteroatoms. The van der Waals surface area contributed by atoms with Crippen LogP contribution in [0.1, 0.15) is 16.7 Å². The second-order valence-electron chi connectivity index (χ2n) is 6.57. The number of aryl methyl sites for hydroxylation is 1. The molecule has 0 aromatic heterocycles. The van der Waals surface area contributed by atoms with Gasteiger partial charge in [0.15, 0.2) is 6.61 Å². The molecule has 0 aliphatic rings. The van der Waals surface area contributed by atoms with Gasteiger partial charge in [-0.15, -0.1) is 0 Å². The average Bonchev–Trinajstić information content (AvgIpc) is 2.74. The van der Waals surface area contributed by atoms with Gasteiger partial charge in [-0.2, -0.15) is 5.26 Å². The highest BCUT2D eigenvalue weighted by Crippen LogP contribution is 2.28. The largest absolute Gasteiger partial charge is 0.483 e. The standard InChI is InChI=1S/C24H18BrFN2O2/c1-16-2-5-18(6-3-16)19(14-27)12-17-4-11-23(22(25)13-17)30-15-24(29)28-21-9-7-20(26)8-10-21/h2-13H,15H2,1H3,(H,28,29)/b19-12-. The zero-order valence-electron chi connectivity index (χ0n) is 16.2. The summed E-state index contributed by atoms with van der Waals surface area (Å²) in [5.41, 5.74) is 3.84. The molecule has 150 valence electrons. The van der Waals surface area contributed by atoms with E-state index in [1.807, 2.05) is 43.3 Å². The van der Waals surface area contributed by atoms with Crippen molar-refractivity contribution in [1.29, 1.82) is 5.26 Å². The molecule has 0 bridgehead atoms. The highest BCUT2D eigenvalue weighted by Gasteiger charge is 2.08. The van der Waals surface area contributed by atoms with Crippen LogP contribution in [0, 0.1) is 24.1 Å². The Morgan fingerprint density at radius 1 is 1.13 bits per heavy atom. The Morgan fingerprint density at radius 2 is 1.83 bits per heavy atom. The number of anilines is 1. The van der Waals surface area contributed by atoms with Gasteiger partial charge in [0.25, 0.3) is 5.91 Å². The molecule has 0 atom stereocenters. The number of rotatable bonds is 6. The van der Waals surface area contributed by atoms with E-state index in [0.717, 1.165) is 16.7 Å². The molecule has 0 fully saturated rings. The molecule has 1 amide bonds. The molecular formula is C24H18BrFN2O2. The van der Waals surface area contributed by atoms with E-state index in [0.29, 0.717) is 21.5 Å². The summed E-state index contributed by atoms with van der Waals surface area (Å²) in [6.45, 7) is 1.80. The Bertz CT molecular complexity index is 1120. The van der Waals surface area contributed by atoms with Gasteiger partial charge in [0.05, 0.1) is 16.1 Å². The average molecular weight is 465 g/mol. The maximum absolute atomic E-state index is 12.9. The van der Waals surface area contributed by atoms with E-state index in [2.05, 4.69) is 27.3 Å². The maximum atomic E-state index is 12.9. The van der Waals surface area contributed by atoms with Crippen LogP contribution in [0.15, 0.2) is 71.2 Å². The van der Waals surface area contributed by atoms with Crippen LogP contribution in [0.4, 0.5) is 10.1 Å². The smallest absolute Gasteiger partial charge is 0.262 e. The van der Waals surface area contributed by atoms with Crippen LogP contribution in [0.25, 0.3) is 11.6 Å². The van der Waals surface area contributed by atoms with Crippen molar-refractivity contribution in [2.45, 2.75) is 6.92 Å². The van der Waals surface area contributed by atoms with Gasteiger partial charge in [0.2, 0.25) is 0 Å². The number of hydrogen-bond donors (Lipinski definition) is 1. The van der Waals surface area contributed by atoms with Crippen molar-refractivity contribution in [3.63, 3.8) is 0 Å². The summed E-state index contributed by atoms with van der Waals surface area (Å²) >= 11 is 3.44. The van der Waals surface area contributed by atoms with Crippen LogP contribution in [-0.4, -0.2) is 12.5 Å². The Hall–Kier alpha value is -3.43. The van der Waals surface area contributed by atoms with Gasteiger partial charge in [0.1, 0.15) is 11.6 Å². The Morgan fingerprint density at radius 3 is 2.47 bits per heavy atom. The first-order chi connectivity index (χ1) is 14.4. The zero-order chi connectivity index (χ0) is 21.5. The van der Waals surface area contributed by atoms with Gasteiger partial charge < -0.3 is 10.1 Å². The second kappa shape index (κ2) is 9.86. The number of halogens is 2. The van der Waals surface area contributed by atoms with E-state index in [9.17, 15) is 14.4 Å². The number of benzene rings is 3. The molecule has 3 rings (SSSR count). The van der Waals surface area contributed by atoms with E-state index in [1.54, 1.807) is 12.1 Å². The van der Waals surface area contributed by atoms with Crippen LogP contribution in [-0.2, 0) is 4.79 Å². The first-order valence-corrected chi connectivity index (χ1v) is 9.90. The molecule has 30 heavy (non-hydrogen) atoms. The summed E-state index contributed by atoms with van der Waals surface area (Å²) in [6, 6.07) is 20.8. The van der Waals surface area contributed by atoms with Gasteiger partial charge in [-0.3, -0.25) is 4.79 Å². The number of nitrogens with zero attached hydrogens (tertiary/aromatic N) is 1. The lowest BCUT2D eigenvalue weighted by atomic mass is 10.0. The highest BCUT2D eigenvalue weighted by molar-refractivity contribution is 9.10. The van der Waals surface area contributed by atoms with Crippen molar-refractivity contribution < 1.29 is 13.9 Å². The first-order valence-electron chi connectivity index (χ1n) is 9.11. The third kappa shape index (κ3) is 5.79. The predicted octanol–water partition coefficient (Wildman–Crippen LogP) is 5.98. The number of nitrogens with one attached hydrogen (secondary N) is 1. The lowest BCUT2D eigenvalue weighted by molar-refractivity contribution is -0.118. The van der Waals surface area contributed by atoms with Gasteiger partial charge in [-0.1, -0.05) is 35.9 Å². The van der Waals surface area contributed by atoms with Crippen molar-refractivity contribution in [3.8, 4) is 11.8 Å². The fourth-order valence-electron chi connectivity index (χ4n) is 2.68. The molecule has 4 nitrogen and oxygen atoms in total. The molecule has 0 radical (unpaired) electrons. The molecular weight excluding hydrogens is 447 g/mol. The monoisotopic (exact) mass is 464 g/mol. The molecule has 0 aliphatic heterocycles. The summed E-state index contributed by atoms with van der Waals surface area (Å²) in [5, 5.41) is 12.1. The van der Waals surface area contributed by atoms with Crippen molar-refractivity contribution in [2.75, 3.05) is 11.9 Å². The minimum absolute atomic E-state index is 0.196. The van der Waals surface area contributed by atoms with Crippen LogP contribution in [0.3, 0.4) is 0 Å². The van der Waals surface area contributed by atoms with Gasteiger partial charge >= 0.3 is 0 Å². The van der Waals surface area contributed by atoms with Crippen LogP contribution in [0.5, 0.6) is 5.75 Å². The quantitative estimate of drug-likeness (QED) is 0.360. The summed E-state index contributed by atoms with van der Waals surface area (Å²) < 4.78 is 19.1. The van der Waals surface area contributed by atoms with E-state index < -0.39 is 0 Å². The van der Waals surface area contributed by atoms with Crippen molar-refractivity contribution >= 4 is 39.2 Å². The lowest BCUT2D eigenvalue weighted by Crippen LogP contribution is -2.20. The molecule has 3 aromatic rings. The van der Waals surface area contributed by atoms with E-state index >= 15 is 0 Å². The number of hydrogen-bond acceptors (Lipinski definition) is 3. The molecule has 1 N–H and O–H groups in total. The summed E-state index contributed by atoms with van der Waals surface area (Å²) in [6.07, 6.45) is 1.79. The molecule has 0 heterocycles. The number of carbonyl (C=O) groups is 1. The fraction of sp³-hybridized carbons (Fsp3) is 0.0833. The number of allylic oxidation sites excluding steroid dienone is 1. The van der Waals surface area contributed by atoms with Crippen LogP contribution >= 0.6 is 15.9 Å². The molecule has 0 saturated carbocycles. The number of nitriles is 1. The third-order valence-corrected chi connectivity index (χ3v) is 4.86. The van der Waals surface area contributed by atoms with Crippen molar-refractivity contribution in [2.24, 2.45) is 0 Å². The predicted molar refractivity (Wildman–Crippen MR) is 119 cm³/mol. The number of amides is 1. The SMILES string of the molecule is Cc1ccc(/C(C#N)=C\c2ccc(OCC(=O)Nc3ccc(F)cc3)c(Br)c2)cc1. The first kappa shape index (κ1) is 21.3. The van der Waals surface area contributed by atoms with Crippen molar-refractivity contribution in [3.05, 3.63) is 93.7 Å². The zero-order valence-corrected chi connectivity index (χ0v) is 17.7. The summed E-state index contributed by atoms with van der Waals surface area (Å²) in [4.78, 5) is 12.0. The number of carbonyl (C=O) groups excluding carboxylic acids is 1. The molecule has 0 unspecified atom stereocenters. The minimum Gasteiger partial charge on any atom is -0.483 e. The normalized spacial score (nSPS) is 10.9. The molecule has 0 saturated heterocycles. The molecule has 0 spiro atoms. The van der Waals surface area contributed by atoms with Crippen LogP contribution in [0.2, 0.25) is 0 Å². The Kier molecular flexibility index (Phi) is 6.99. The van der Waals surface area contributed by atoms with Gasteiger partial charge in [0, 0.05) is 5.69 Å². The highest BCUT2D eigenvalue weighted by atomic mass is 79.9. The number of ether oxygens (including phenoxy) is 1. The summed E-state index contributed by atoms with van der Waals surface area (Å²) in [5.74, 6) is -0.233. The third-order valence-electron chi connectivity index (χ3n) is 4.24. The summed E-state index contributed by atoms with van der Waals surface area (Å²) in [7, 11) is 0. The topological polar surface area (TPSA) is 62.1 Å². The second-order valence-corrected chi connectivity index (χ2v) is 7.42.